The highest BCUT2D eigenvalue weighted by molar-refractivity contribution is 8.74. The lowest BCUT2D eigenvalue weighted by atomic mass is 9.91. The molecule has 0 aromatic heterocycles. The van der Waals surface area contributed by atoms with E-state index in [9.17, 15) is 0 Å². The van der Waals surface area contributed by atoms with E-state index in [4.69, 9.17) is 0 Å². The Morgan fingerprint density at radius 1 is 0.321 bits per heavy atom. The third-order valence-corrected chi connectivity index (χ3v) is 10.8. The highest BCUT2D eigenvalue weighted by Crippen LogP contribution is 2.45. The first-order valence-corrected chi connectivity index (χ1v) is 14.9. The molecule has 0 amide bonds. The summed E-state index contributed by atoms with van der Waals surface area (Å²) >= 11 is 0. The Balaban J connectivity index is 1.41. The largest absolute Gasteiger partial charge is 0.234 e. The van der Waals surface area contributed by atoms with E-state index >= 15 is 0 Å². The van der Waals surface area contributed by atoms with Gasteiger partial charge in [-0.05, 0) is 51.4 Å². The quantitative estimate of drug-likeness (QED) is 0.300. The minimum atomic E-state index is 0.855. The molecule has 4 aliphatic rings. The van der Waals surface area contributed by atoms with Gasteiger partial charge in [-0.1, -0.05) is 77.0 Å². The van der Waals surface area contributed by atoms with Gasteiger partial charge in [0.2, 0.25) is 0 Å². The van der Waals surface area contributed by atoms with E-state index in [1.807, 2.05) is 0 Å². The zero-order chi connectivity index (χ0) is 19.0. The second-order valence-corrected chi connectivity index (χ2v) is 12.1. The molecule has 4 aliphatic carbocycles. The Morgan fingerprint density at radius 3 is 0.750 bits per heavy atom. The normalized spacial score (nSPS) is 27.6. The smallest absolute Gasteiger partial charge is 0.0214 e. The van der Waals surface area contributed by atoms with Crippen LogP contribution in [0, 0.1) is 0 Å². The number of nitrogens with zero attached hydrogens (tertiary/aromatic N) is 2. The first-order valence-electron chi connectivity index (χ1n) is 12.8. The number of hydrogen-bond donors (Lipinski definition) is 0. The molecular weight excluding hydrogens is 380 g/mol. The van der Waals surface area contributed by atoms with Crippen LogP contribution in [0.15, 0.2) is 0 Å². The van der Waals surface area contributed by atoms with Crippen molar-refractivity contribution >= 4 is 22.0 Å². The van der Waals surface area contributed by atoms with E-state index in [-0.39, 0.29) is 0 Å². The molecule has 0 saturated heterocycles. The van der Waals surface area contributed by atoms with Gasteiger partial charge >= 0.3 is 0 Å². The van der Waals surface area contributed by atoms with Gasteiger partial charge in [-0.2, -0.15) is 0 Å². The fourth-order valence-electron chi connectivity index (χ4n) is 6.26. The van der Waals surface area contributed by atoms with Crippen LogP contribution in [-0.2, 0) is 0 Å². The van der Waals surface area contributed by atoms with Crippen molar-refractivity contribution in [2.24, 2.45) is 0 Å². The highest BCUT2D eigenvalue weighted by atomic mass is 33.1. The van der Waals surface area contributed by atoms with Gasteiger partial charge in [-0.15, -0.1) is 0 Å². The highest BCUT2D eigenvalue weighted by Gasteiger charge is 2.34. The SMILES string of the molecule is C1CCC(N(SSN(C2CCCCC2)C2CCCCC2)C2CCCCC2)CC1. The first kappa shape index (κ1) is 21.8. The Labute approximate surface area is 183 Å². The van der Waals surface area contributed by atoms with Crippen molar-refractivity contribution in [3.05, 3.63) is 0 Å². The molecule has 162 valence electrons. The summed E-state index contributed by atoms with van der Waals surface area (Å²) in [6.45, 7) is 0. The molecule has 0 atom stereocenters. The standard InChI is InChI=1S/C24H44N2S2/c1-5-13-21(14-6-1)25(22-15-7-2-8-16-22)27-28-26(23-17-9-3-10-18-23)24-19-11-4-12-20-24/h21-24H,1-20H2. The molecular formula is C24H44N2S2. The molecule has 0 radical (unpaired) electrons. The van der Waals surface area contributed by atoms with Crippen LogP contribution in [-0.4, -0.2) is 32.8 Å². The van der Waals surface area contributed by atoms with E-state index in [1.165, 1.54) is 128 Å². The molecule has 0 bridgehead atoms. The van der Waals surface area contributed by atoms with Crippen LogP contribution < -0.4 is 0 Å². The zero-order valence-electron chi connectivity index (χ0n) is 18.2. The van der Waals surface area contributed by atoms with Crippen molar-refractivity contribution in [2.45, 2.75) is 153 Å². The predicted molar refractivity (Wildman–Crippen MR) is 126 cm³/mol. The molecule has 0 spiro atoms. The van der Waals surface area contributed by atoms with Crippen LogP contribution in [0.5, 0.6) is 0 Å². The molecule has 2 nitrogen and oxygen atoms in total. The van der Waals surface area contributed by atoms with Gasteiger partial charge < -0.3 is 0 Å². The van der Waals surface area contributed by atoms with E-state index in [0.29, 0.717) is 0 Å². The van der Waals surface area contributed by atoms with Crippen molar-refractivity contribution in [3.8, 4) is 0 Å². The summed E-state index contributed by atoms with van der Waals surface area (Å²) in [4.78, 5) is 0. The molecule has 4 fully saturated rings. The van der Waals surface area contributed by atoms with Crippen molar-refractivity contribution in [1.29, 1.82) is 0 Å². The molecule has 0 heterocycles. The minimum Gasteiger partial charge on any atom is -0.234 e. The molecule has 4 saturated carbocycles. The Hall–Kier alpha value is 0.620. The average Bonchev–Trinajstić information content (AvgIpc) is 2.79. The summed E-state index contributed by atoms with van der Waals surface area (Å²) < 4.78 is 5.89. The fraction of sp³-hybridized carbons (Fsp3) is 1.00. The van der Waals surface area contributed by atoms with Gasteiger partial charge in [0.15, 0.2) is 0 Å². The zero-order valence-corrected chi connectivity index (χ0v) is 19.8. The molecule has 0 unspecified atom stereocenters. The predicted octanol–water partition coefficient (Wildman–Crippen LogP) is 8.13. The molecule has 28 heavy (non-hydrogen) atoms. The summed E-state index contributed by atoms with van der Waals surface area (Å²) in [7, 11) is 4.41. The monoisotopic (exact) mass is 424 g/mol. The summed E-state index contributed by atoms with van der Waals surface area (Å²) in [6.07, 6.45) is 29.3. The minimum absolute atomic E-state index is 0.855. The maximum Gasteiger partial charge on any atom is 0.0214 e. The second kappa shape index (κ2) is 11.9. The van der Waals surface area contributed by atoms with Crippen molar-refractivity contribution in [2.75, 3.05) is 0 Å². The summed E-state index contributed by atoms with van der Waals surface area (Å²) in [5.74, 6) is 0. The maximum atomic E-state index is 2.95. The topological polar surface area (TPSA) is 6.48 Å². The molecule has 0 aliphatic heterocycles. The van der Waals surface area contributed by atoms with Gasteiger partial charge in [0.25, 0.3) is 0 Å². The third-order valence-electron chi connectivity index (χ3n) is 7.94. The third kappa shape index (κ3) is 6.08. The Morgan fingerprint density at radius 2 is 0.536 bits per heavy atom. The molecule has 0 N–H and O–H groups in total. The molecule has 0 aromatic rings. The summed E-state index contributed by atoms with van der Waals surface area (Å²) in [5, 5.41) is 0. The van der Waals surface area contributed by atoms with Crippen LogP contribution in [0.4, 0.5) is 0 Å². The van der Waals surface area contributed by atoms with Gasteiger partial charge in [0.05, 0.1) is 0 Å². The van der Waals surface area contributed by atoms with E-state index in [1.54, 1.807) is 0 Å². The van der Waals surface area contributed by atoms with Gasteiger partial charge in [-0.3, -0.25) is 0 Å². The van der Waals surface area contributed by atoms with Crippen LogP contribution in [0.25, 0.3) is 0 Å². The van der Waals surface area contributed by atoms with Gasteiger partial charge in [0.1, 0.15) is 0 Å². The lowest BCUT2D eigenvalue weighted by molar-refractivity contribution is 0.181. The van der Waals surface area contributed by atoms with Crippen LogP contribution in [0.2, 0.25) is 0 Å². The number of hydrogen-bond acceptors (Lipinski definition) is 4. The Kier molecular flexibility index (Phi) is 9.25. The Bertz CT molecular complexity index is 346. The van der Waals surface area contributed by atoms with Crippen LogP contribution in [0.3, 0.4) is 0 Å². The van der Waals surface area contributed by atoms with E-state index < -0.39 is 0 Å². The van der Waals surface area contributed by atoms with Gasteiger partial charge in [0, 0.05) is 46.1 Å². The first-order chi connectivity index (χ1) is 13.9. The average molecular weight is 425 g/mol. The maximum absolute atomic E-state index is 2.95. The second-order valence-electron chi connectivity index (χ2n) is 10.0. The molecule has 4 rings (SSSR count). The lowest BCUT2D eigenvalue weighted by Crippen LogP contribution is -2.43. The molecule has 0 aromatic carbocycles. The summed E-state index contributed by atoms with van der Waals surface area (Å²) in [6, 6.07) is 3.42. The van der Waals surface area contributed by atoms with Gasteiger partial charge in [-0.25, -0.2) is 8.61 Å². The van der Waals surface area contributed by atoms with Crippen molar-refractivity contribution in [3.63, 3.8) is 0 Å². The molecule has 4 heteroatoms. The van der Waals surface area contributed by atoms with E-state index in [2.05, 4.69) is 30.6 Å². The number of rotatable bonds is 7. The van der Waals surface area contributed by atoms with Crippen molar-refractivity contribution < 1.29 is 0 Å². The fourth-order valence-corrected chi connectivity index (χ4v) is 9.67. The summed E-state index contributed by atoms with van der Waals surface area (Å²) in [5.41, 5.74) is 0. The van der Waals surface area contributed by atoms with Crippen LogP contribution in [0.1, 0.15) is 128 Å². The van der Waals surface area contributed by atoms with E-state index in [0.717, 1.165) is 24.2 Å². The van der Waals surface area contributed by atoms with Crippen LogP contribution >= 0.6 is 22.0 Å². The van der Waals surface area contributed by atoms with Crippen molar-refractivity contribution in [1.82, 2.24) is 8.61 Å². The lowest BCUT2D eigenvalue weighted by Gasteiger charge is -2.44.